The van der Waals surface area contributed by atoms with Gasteiger partial charge >= 0.3 is 0 Å². The van der Waals surface area contributed by atoms with Crippen molar-refractivity contribution in [2.45, 2.75) is 13.8 Å². The van der Waals surface area contributed by atoms with E-state index in [0.717, 1.165) is 11.1 Å². The molecule has 1 rings (SSSR count). The number of allylic oxidation sites excluding steroid dienone is 2. The van der Waals surface area contributed by atoms with Crippen LogP contribution in [0.25, 0.3) is 5.57 Å². The van der Waals surface area contributed by atoms with Gasteiger partial charge in [-0.15, -0.1) is 0 Å². The van der Waals surface area contributed by atoms with Crippen LogP contribution in [0.15, 0.2) is 24.3 Å². The molecule has 0 amide bonds. The number of carbonyl (C=O) groups is 1. The number of hydrogen-bond donors (Lipinski definition) is 0. The Bertz CT molecular complexity index is 419. The smallest absolute Gasteiger partial charge is 0.161 e. The summed E-state index contributed by atoms with van der Waals surface area (Å²) in [6, 6.07) is 5.58. The van der Waals surface area contributed by atoms with E-state index in [1.165, 1.54) is 6.92 Å². The summed E-state index contributed by atoms with van der Waals surface area (Å²) < 4.78 is 10.3. The molecule has 0 N–H and O–H groups in total. The zero-order valence-corrected chi connectivity index (χ0v) is 10.0. The van der Waals surface area contributed by atoms with Gasteiger partial charge < -0.3 is 9.47 Å². The molecule has 0 atom stereocenters. The van der Waals surface area contributed by atoms with Gasteiger partial charge in [-0.3, -0.25) is 4.79 Å². The third-order valence-corrected chi connectivity index (χ3v) is 2.26. The largest absolute Gasteiger partial charge is 0.493 e. The van der Waals surface area contributed by atoms with Crippen molar-refractivity contribution in [2.75, 3.05) is 14.2 Å². The van der Waals surface area contributed by atoms with Crippen molar-refractivity contribution < 1.29 is 14.3 Å². The van der Waals surface area contributed by atoms with Crippen LogP contribution in [0.3, 0.4) is 0 Å². The Hall–Kier alpha value is -1.77. The zero-order valence-electron chi connectivity index (χ0n) is 10.0. The maximum Gasteiger partial charge on any atom is 0.161 e. The van der Waals surface area contributed by atoms with Gasteiger partial charge in [-0.05, 0) is 43.2 Å². The van der Waals surface area contributed by atoms with Crippen molar-refractivity contribution in [3.63, 3.8) is 0 Å². The van der Waals surface area contributed by atoms with Crippen LogP contribution in [0.5, 0.6) is 11.5 Å². The highest BCUT2D eigenvalue weighted by Gasteiger charge is 2.05. The Labute approximate surface area is 95.7 Å². The number of carbonyl (C=O) groups excluding carboxylic acids is 1. The van der Waals surface area contributed by atoms with Crippen molar-refractivity contribution in [3.05, 3.63) is 29.8 Å². The summed E-state index contributed by atoms with van der Waals surface area (Å²) in [5.41, 5.74) is 1.86. The number of rotatable bonds is 4. The van der Waals surface area contributed by atoms with Crippen LogP contribution >= 0.6 is 0 Å². The zero-order chi connectivity index (χ0) is 12.1. The average Bonchev–Trinajstić information content (AvgIpc) is 2.27. The first-order valence-corrected chi connectivity index (χ1v) is 4.99. The van der Waals surface area contributed by atoms with Gasteiger partial charge in [0.1, 0.15) is 0 Å². The lowest BCUT2D eigenvalue weighted by molar-refractivity contribution is -0.112. The van der Waals surface area contributed by atoms with E-state index in [2.05, 4.69) is 0 Å². The Morgan fingerprint density at radius 2 is 1.75 bits per heavy atom. The fourth-order valence-electron chi connectivity index (χ4n) is 1.47. The summed E-state index contributed by atoms with van der Waals surface area (Å²) in [5, 5.41) is 0. The molecule has 86 valence electrons. The molecule has 3 heteroatoms. The second kappa shape index (κ2) is 5.35. The lowest BCUT2D eigenvalue weighted by Gasteiger charge is -2.09. The van der Waals surface area contributed by atoms with E-state index >= 15 is 0 Å². The van der Waals surface area contributed by atoms with Gasteiger partial charge in [-0.25, -0.2) is 0 Å². The number of hydrogen-bond acceptors (Lipinski definition) is 3. The highest BCUT2D eigenvalue weighted by atomic mass is 16.5. The van der Waals surface area contributed by atoms with Gasteiger partial charge in [0.25, 0.3) is 0 Å². The van der Waals surface area contributed by atoms with Gasteiger partial charge in [0.05, 0.1) is 14.2 Å². The van der Waals surface area contributed by atoms with E-state index in [1.54, 1.807) is 20.3 Å². The van der Waals surface area contributed by atoms with Crippen molar-refractivity contribution in [1.29, 1.82) is 0 Å². The number of methoxy groups -OCH3 is 2. The lowest BCUT2D eigenvalue weighted by Crippen LogP contribution is -1.92. The molecule has 0 spiro atoms. The van der Waals surface area contributed by atoms with Gasteiger partial charge in [0.2, 0.25) is 0 Å². The van der Waals surface area contributed by atoms with E-state index in [9.17, 15) is 4.79 Å². The molecular formula is C13H16O3. The van der Waals surface area contributed by atoms with Crippen LogP contribution in [0.4, 0.5) is 0 Å². The minimum Gasteiger partial charge on any atom is -0.493 e. The molecule has 0 unspecified atom stereocenters. The van der Waals surface area contributed by atoms with Crippen LogP contribution in [-0.2, 0) is 4.79 Å². The molecule has 1 aromatic rings. The van der Waals surface area contributed by atoms with E-state index in [-0.39, 0.29) is 5.78 Å². The van der Waals surface area contributed by atoms with Crippen LogP contribution < -0.4 is 9.47 Å². The first kappa shape index (κ1) is 12.3. The van der Waals surface area contributed by atoms with Gasteiger partial charge in [-0.1, -0.05) is 6.07 Å². The monoisotopic (exact) mass is 220 g/mol. The predicted octanol–water partition coefficient (Wildman–Crippen LogP) is 2.70. The second-order valence-electron chi connectivity index (χ2n) is 3.51. The number of ether oxygens (including phenoxy) is 2. The molecule has 0 bridgehead atoms. The summed E-state index contributed by atoms with van der Waals surface area (Å²) in [4.78, 5) is 11.0. The molecule has 0 heterocycles. The van der Waals surface area contributed by atoms with E-state index in [4.69, 9.17) is 9.47 Å². The molecule has 0 fully saturated rings. The number of ketones is 1. The van der Waals surface area contributed by atoms with E-state index in [0.29, 0.717) is 11.5 Å². The highest BCUT2D eigenvalue weighted by Crippen LogP contribution is 2.30. The summed E-state index contributed by atoms with van der Waals surface area (Å²) >= 11 is 0. The molecule has 0 aliphatic carbocycles. The lowest BCUT2D eigenvalue weighted by atomic mass is 10.1. The normalized spacial score (nSPS) is 11.1. The fourth-order valence-corrected chi connectivity index (χ4v) is 1.47. The minimum atomic E-state index is 0.0345. The van der Waals surface area contributed by atoms with Crippen molar-refractivity contribution >= 4 is 11.4 Å². The molecule has 1 aromatic carbocycles. The topological polar surface area (TPSA) is 35.5 Å². The standard InChI is InChI=1S/C13H16O3/c1-9(7-10(2)14)11-5-6-12(15-3)13(8-11)16-4/h5-8H,1-4H3/b9-7+. The maximum atomic E-state index is 11.0. The Morgan fingerprint density at radius 1 is 1.12 bits per heavy atom. The quantitative estimate of drug-likeness (QED) is 0.732. The molecule has 0 saturated heterocycles. The summed E-state index contributed by atoms with van der Waals surface area (Å²) in [6.07, 6.45) is 1.60. The second-order valence-corrected chi connectivity index (χ2v) is 3.51. The highest BCUT2D eigenvalue weighted by molar-refractivity contribution is 5.94. The van der Waals surface area contributed by atoms with Crippen LogP contribution in [-0.4, -0.2) is 20.0 Å². The molecule has 16 heavy (non-hydrogen) atoms. The molecule has 0 aliphatic heterocycles. The summed E-state index contributed by atoms with van der Waals surface area (Å²) in [5.74, 6) is 1.38. The van der Waals surface area contributed by atoms with Crippen molar-refractivity contribution in [2.24, 2.45) is 0 Å². The summed E-state index contributed by atoms with van der Waals surface area (Å²) in [6.45, 7) is 3.42. The third-order valence-electron chi connectivity index (χ3n) is 2.26. The first-order chi connectivity index (χ1) is 7.58. The van der Waals surface area contributed by atoms with Crippen LogP contribution in [0, 0.1) is 0 Å². The van der Waals surface area contributed by atoms with Crippen molar-refractivity contribution in [3.8, 4) is 11.5 Å². The third kappa shape index (κ3) is 2.86. The van der Waals surface area contributed by atoms with Gasteiger partial charge in [0, 0.05) is 0 Å². The van der Waals surface area contributed by atoms with Crippen LogP contribution in [0.2, 0.25) is 0 Å². The SMILES string of the molecule is COc1ccc(/C(C)=C/C(C)=O)cc1OC. The first-order valence-electron chi connectivity index (χ1n) is 4.99. The molecule has 3 nitrogen and oxygen atoms in total. The van der Waals surface area contributed by atoms with Gasteiger partial charge in [0.15, 0.2) is 17.3 Å². The molecule has 0 aromatic heterocycles. The fraction of sp³-hybridized carbons (Fsp3) is 0.308. The minimum absolute atomic E-state index is 0.0345. The Balaban J connectivity index is 3.13. The van der Waals surface area contributed by atoms with E-state index in [1.807, 2.05) is 25.1 Å². The Kier molecular flexibility index (Phi) is 4.11. The average molecular weight is 220 g/mol. The molecule has 0 radical (unpaired) electrons. The van der Waals surface area contributed by atoms with E-state index < -0.39 is 0 Å². The van der Waals surface area contributed by atoms with Gasteiger partial charge in [-0.2, -0.15) is 0 Å². The maximum absolute atomic E-state index is 11.0. The molecule has 0 saturated carbocycles. The molecule has 0 aliphatic rings. The Morgan fingerprint density at radius 3 is 2.25 bits per heavy atom. The predicted molar refractivity (Wildman–Crippen MR) is 63.9 cm³/mol. The van der Waals surface area contributed by atoms with Crippen molar-refractivity contribution in [1.82, 2.24) is 0 Å². The number of benzene rings is 1. The van der Waals surface area contributed by atoms with Crippen LogP contribution in [0.1, 0.15) is 19.4 Å². The molecular weight excluding hydrogens is 204 g/mol. The summed E-state index contributed by atoms with van der Waals surface area (Å²) in [7, 11) is 3.18.